The van der Waals surface area contributed by atoms with Crippen LogP contribution < -0.4 is 16.4 Å². The lowest BCUT2D eigenvalue weighted by atomic mass is 9.95. The number of carbonyl (C=O) groups is 2. The first-order valence-electron chi connectivity index (χ1n) is 8.34. The van der Waals surface area contributed by atoms with Gasteiger partial charge in [0.25, 0.3) is 0 Å². The largest absolute Gasteiger partial charge is 0.348 e. The van der Waals surface area contributed by atoms with Crippen molar-refractivity contribution in [2.24, 2.45) is 11.7 Å². The highest BCUT2D eigenvalue weighted by molar-refractivity contribution is 5.94. The number of benzene rings is 1. The first-order chi connectivity index (χ1) is 10.8. The number of halogens is 1. The van der Waals surface area contributed by atoms with Gasteiger partial charge in [-0.15, -0.1) is 12.4 Å². The van der Waals surface area contributed by atoms with Crippen LogP contribution in [0.3, 0.4) is 0 Å². The van der Waals surface area contributed by atoms with Crippen LogP contribution in [0, 0.1) is 5.92 Å². The van der Waals surface area contributed by atoms with E-state index in [9.17, 15) is 9.59 Å². The number of hydrogen-bond acceptors (Lipinski definition) is 3. The molecule has 2 amide bonds. The fraction of sp³-hybridized carbons (Fsp3) is 0.556. The minimum absolute atomic E-state index is 0. The third-order valence-electron chi connectivity index (χ3n) is 4.26. The van der Waals surface area contributed by atoms with Crippen LogP contribution in [0.25, 0.3) is 0 Å². The Morgan fingerprint density at radius 3 is 2.38 bits per heavy atom. The van der Waals surface area contributed by atoms with Crippen LogP contribution in [0.5, 0.6) is 0 Å². The van der Waals surface area contributed by atoms with Gasteiger partial charge in [-0.05, 0) is 50.8 Å². The number of anilines is 1. The zero-order chi connectivity index (χ0) is 17.0. The molecule has 6 heteroatoms. The third-order valence-corrected chi connectivity index (χ3v) is 4.26. The summed E-state index contributed by atoms with van der Waals surface area (Å²) in [5.74, 6) is 0.143. The predicted octanol–water partition coefficient (Wildman–Crippen LogP) is 3.15. The Morgan fingerprint density at radius 2 is 1.88 bits per heavy atom. The van der Waals surface area contributed by atoms with Gasteiger partial charge >= 0.3 is 0 Å². The van der Waals surface area contributed by atoms with Gasteiger partial charge in [-0.25, -0.2) is 0 Å². The van der Waals surface area contributed by atoms with Crippen molar-refractivity contribution in [1.82, 2.24) is 5.32 Å². The first-order valence-corrected chi connectivity index (χ1v) is 8.34. The Morgan fingerprint density at radius 1 is 1.29 bits per heavy atom. The standard InChI is InChI=1S/C18H27N3O2.ClH/c1-4-11-18(3,19)17(23)20-12(2)13-7-9-15(10-8-13)21-16(22)14-5-6-14;/h7-10,12,14H,4-6,11,19H2,1-3H3,(H,20,23)(H,21,22);1H. The number of amides is 2. The van der Waals surface area contributed by atoms with E-state index < -0.39 is 5.54 Å². The third kappa shape index (κ3) is 5.49. The fourth-order valence-corrected chi connectivity index (χ4v) is 2.52. The fourth-order valence-electron chi connectivity index (χ4n) is 2.52. The lowest BCUT2D eigenvalue weighted by Crippen LogP contribution is -2.52. The number of nitrogens with two attached hydrogens (primary N) is 1. The van der Waals surface area contributed by atoms with Gasteiger partial charge in [-0.1, -0.05) is 25.5 Å². The normalized spacial score (nSPS) is 17.2. The molecule has 1 aliphatic rings. The maximum atomic E-state index is 12.2. The molecule has 2 atom stereocenters. The lowest BCUT2D eigenvalue weighted by Gasteiger charge is -2.25. The van der Waals surface area contributed by atoms with Crippen LogP contribution in [-0.4, -0.2) is 17.4 Å². The van der Waals surface area contributed by atoms with Gasteiger partial charge in [0.15, 0.2) is 0 Å². The Hall–Kier alpha value is -1.59. The molecular weight excluding hydrogens is 326 g/mol. The van der Waals surface area contributed by atoms with E-state index in [2.05, 4.69) is 10.6 Å². The second-order valence-electron chi connectivity index (χ2n) is 6.75. The molecule has 1 aromatic carbocycles. The summed E-state index contributed by atoms with van der Waals surface area (Å²) in [6, 6.07) is 7.44. The maximum Gasteiger partial charge on any atom is 0.240 e. The predicted molar refractivity (Wildman–Crippen MR) is 99.1 cm³/mol. The Bertz CT molecular complexity index is 568. The SMILES string of the molecule is CCCC(C)(N)C(=O)NC(C)c1ccc(NC(=O)C2CC2)cc1.Cl. The van der Waals surface area contributed by atoms with Gasteiger partial charge in [-0.2, -0.15) is 0 Å². The molecule has 134 valence electrons. The van der Waals surface area contributed by atoms with Crippen LogP contribution in [0.15, 0.2) is 24.3 Å². The molecule has 24 heavy (non-hydrogen) atoms. The number of nitrogens with one attached hydrogen (secondary N) is 2. The van der Waals surface area contributed by atoms with Crippen molar-refractivity contribution >= 4 is 29.9 Å². The highest BCUT2D eigenvalue weighted by atomic mass is 35.5. The summed E-state index contributed by atoms with van der Waals surface area (Å²) in [6.07, 6.45) is 3.49. The zero-order valence-electron chi connectivity index (χ0n) is 14.6. The van der Waals surface area contributed by atoms with Gasteiger partial charge in [-0.3, -0.25) is 9.59 Å². The highest BCUT2D eigenvalue weighted by Gasteiger charge is 2.30. The van der Waals surface area contributed by atoms with Gasteiger partial charge in [0.1, 0.15) is 0 Å². The Labute approximate surface area is 150 Å². The maximum absolute atomic E-state index is 12.2. The molecule has 0 heterocycles. The molecule has 0 saturated heterocycles. The summed E-state index contributed by atoms with van der Waals surface area (Å²) in [5.41, 5.74) is 6.98. The molecule has 1 aliphatic carbocycles. The van der Waals surface area contributed by atoms with Crippen molar-refractivity contribution in [2.45, 2.75) is 58.0 Å². The molecule has 1 fully saturated rings. The van der Waals surface area contributed by atoms with Crippen molar-refractivity contribution in [3.8, 4) is 0 Å². The van der Waals surface area contributed by atoms with Gasteiger partial charge in [0.05, 0.1) is 11.6 Å². The van der Waals surface area contributed by atoms with Crippen LogP contribution in [-0.2, 0) is 9.59 Å². The Balaban J connectivity index is 0.00000288. The van der Waals surface area contributed by atoms with Gasteiger partial charge < -0.3 is 16.4 Å². The topological polar surface area (TPSA) is 84.2 Å². The van der Waals surface area contributed by atoms with E-state index >= 15 is 0 Å². The van der Waals surface area contributed by atoms with Gasteiger partial charge in [0.2, 0.25) is 11.8 Å². The lowest BCUT2D eigenvalue weighted by molar-refractivity contribution is -0.126. The second kappa shape index (κ2) is 8.49. The molecule has 0 bridgehead atoms. The van der Waals surface area contributed by atoms with E-state index in [1.807, 2.05) is 38.1 Å². The van der Waals surface area contributed by atoms with Crippen molar-refractivity contribution in [3.63, 3.8) is 0 Å². The minimum Gasteiger partial charge on any atom is -0.348 e. The Kier molecular flexibility index (Phi) is 7.24. The minimum atomic E-state index is -0.846. The van der Waals surface area contributed by atoms with Crippen LogP contribution >= 0.6 is 12.4 Å². The number of carbonyl (C=O) groups excluding carboxylic acids is 2. The van der Waals surface area contributed by atoms with Gasteiger partial charge in [0, 0.05) is 11.6 Å². The molecule has 0 aliphatic heterocycles. The molecule has 0 spiro atoms. The van der Waals surface area contributed by atoms with Crippen LogP contribution in [0.1, 0.15) is 58.1 Å². The highest BCUT2D eigenvalue weighted by Crippen LogP contribution is 2.30. The summed E-state index contributed by atoms with van der Waals surface area (Å²) in [4.78, 5) is 24.0. The molecule has 1 aromatic rings. The van der Waals surface area contributed by atoms with Crippen molar-refractivity contribution in [2.75, 3.05) is 5.32 Å². The smallest absolute Gasteiger partial charge is 0.240 e. The quantitative estimate of drug-likeness (QED) is 0.704. The van der Waals surface area contributed by atoms with E-state index in [0.29, 0.717) is 6.42 Å². The van der Waals surface area contributed by atoms with Crippen LogP contribution in [0.4, 0.5) is 5.69 Å². The van der Waals surface area contributed by atoms with Crippen LogP contribution in [0.2, 0.25) is 0 Å². The zero-order valence-corrected chi connectivity index (χ0v) is 15.4. The van der Waals surface area contributed by atoms with E-state index in [0.717, 1.165) is 30.5 Å². The molecular formula is C18H28ClN3O2. The van der Waals surface area contributed by atoms with E-state index in [4.69, 9.17) is 5.73 Å². The van der Waals surface area contributed by atoms with Crippen molar-refractivity contribution in [1.29, 1.82) is 0 Å². The van der Waals surface area contributed by atoms with Crippen molar-refractivity contribution < 1.29 is 9.59 Å². The average Bonchev–Trinajstić information content (AvgIpc) is 3.32. The van der Waals surface area contributed by atoms with E-state index in [-0.39, 0.29) is 36.2 Å². The molecule has 4 N–H and O–H groups in total. The summed E-state index contributed by atoms with van der Waals surface area (Å²) in [5, 5.41) is 5.86. The number of rotatable bonds is 7. The summed E-state index contributed by atoms with van der Waals surface area (Å²) in [6.45, 7) is 5.70. The second-order valence-corrected chi connectivity index (χ2v) is 6.75. The van der Waals surface area contributed by atoms with E-state index in [1.165, 1.54) is 0 Å². The molecule has 2 unspecified atom stereocenters. The summed E-state index contributed by atoms with van der Waals surface area (Å²) < 4.78 is 0. The summed E-state index contributed by atoms with van der Waals surface area (Å²) in [7, 11) is 0. The molecule has 0 aromatic heterocycles. The number of hydrogen-bond donors (Lipinski definition) is 3. The first kappa shape index (κ1) is 20.5. The average molecular weight is 354 g/mol. The molecule has 2 rings (SSSR count). The molecule has 1 saturated carbocycles. The molecule has 0 radical (unpaired) electrons. The molecule has 5 nitrogen and oxygen atoms in total. The van der Waals surface area contributed by atoms with E-state index in [1.54, 1.807) is 6.92 Å². The van der Waals surface area contributed by atoms with Crippen molar-refractivity contribution in [3.05, 3.63) is 29.8 Å². The summed E-state index contributed by atoms with van der Waals surface area (Å²) >= 11 is 0. The monoisotopic (exact) mass is 353 g/mol.